The van der Waals surface area contributed by atoms with E-state index in [-0.39, 0.29) is 29.6 Å². The number of rotatable bonds is 3. The number of anilines is 1. The van der Waals surface area contributed by atoms with Crippen molar-refractivity contribution >= 4 is 62.4 Å². The summed E-state index contributed by atoms with van der Waals surface area (Å²) < 4.78 is 23.9. The number of benzene rings is 1. The van der Waals surface area contributed by atoms with Crippen molar-refractivity contribution in [1.82, 2.24) is 0 Å². The maximum Gasteiger partial charge on any atom is 0.0594 e. The van der Waals surface area contributed by atoms with Crippen molar-refractivity contribution in [2.24, 2.45) is 0 Å². The predicted molar refractivity (Wildman–Crippen MR) is 66.5 cm³/mol. The molecule has 0 amide bonds. The zero-order valence-electron chi connectivity index (χ0n) is 8.91. The third-order valence-electron chi connectivity index (χ3n) is 1.85. The Kier molecular flexibility index (Phi) is 7.32. The van der Waals surface area contributed by atoms with Gasteiger partial charge in [-0.05, 0) is 39.5 Å². The van der Waals surface area contributed by atoms with Crippen LogP contribution in [0.3, 0.4) is 0 Å². The third kappa shape index (κ3) is 4.97. The van der Waals surface area contributed by atoms with Gasteiger partial charge in [-0.2, -0.15) is 0 Å². The minimum Gasteiger partial charge on any atom is -0.755 e. The van der Waals surface area contributed by atoms with Crippen LogP contribution in [0.4, 0.5) is 5.69 Å². The molecule has 0 aliphatic carbocycles. The summed E-state index contributed by atoms with van der Waals surface area (Å²) in [5, 5.41) is 0. The maximum atomic E-state index is 10.4. The zero-order chi connectivity index (χ0) is 10.7. The summed E-state index contributed by atoms with van der Waals surface area (Å²) in [6.45, 7) is 4.17. The van der Waals surface area contributed by atoms with Gasteiger partial charge in [-0.3, -0.25) is 4.21 Å². The number of halogens is 1. The van der Waals surface area contributed by atoms with Crippen molar-refractivity contribution in [3.05, 3.63) is 28.2 Å². The van der Waals surface area contributed by atoms with E-state index >= 15 is 0 Å². The van der Waals surface area contributed by atoms with E-state index in [1.54, 1.807) is 6.07 Å². The average Bonchev–Trinajstić information content (AvgIpc) is 2.07. The van der Waals surface area contributed by atoms with E-state index in [1.807, 2.05) is 12.1 Å². The van der Waals surface area contributed by atoms with Crippen molar-refractivity contribution in [3.8, 4) is 0 Å². The van der Waals surface area contributed by atoms with Gasteiger partial charge in [0.05, 0.1) is 5.69 Å². The molecule has 0 spiro atoms. The third-order valence-corrected chi connectivity index (χ3v) is 2.90. The van der Waals surface area contributed by atoms with Gasteiger partial charge >= 0.3 is 0 Å². The molecule has 6 heteroatoms. The molecule has 0 aromatic heterocycles. The standard InChI is InChI=1S/C9H12BrNO2S.Na/c1-6(2)7-3-4-9(8(10)5-7)11-14(12)13;/h3-6,11H,1-2H3,(H,12,13);/p-1. The number of hydrogen-bond donors (Lipinski definition) is 1. The Labute approximate surface area is 123 Å². The summed E-state index contributed by atoms with van der Waals surface area (Å²) in [5.41, 5.74) is 1.72. The molecule has 1 atom stereocenters. The molecule has 3 nitrogen and oxygen atoms in total. The van der Waals surface area contributed by atoms with E-state index in [9.17, 15) is 8.76 Å². The molecule has 1 radical (unpaired) electrons. The first-order chi connectivity index (χ1) is 6.50. The van der Waals surface area contributed by atoms with E-state index in [1.165, 1.54) is 5.56 Å². The van der Waals surface area contributed by atoms with Gasteiger partial charge in [0.1, 0.15) is 0 Å². The van der Waals surface area contributed by atoms with Gasteiger partial charge in [0.25, 0.3) is 0 Å². The molecule has 0 heterocycles. The quantitative estimate of drug-likeness (QED) is 0.688. The number of nitrogens with one attached hydrogen (secondary N) is 1. The minimum atomic E-state index is -2.27. The molecule has 0 saturated heterocycles. The minimum absolute atomic E-state index is 0. The summed E-state index contributed by atoms with van der Waals surface area (Å²) in [6, 6.07) is 5.57. The van der Waals surface area contributed by atoms with Crippen LogP contribution in [0.25, 0.3) is 0 Å². The zero-order valence-corrected chi connectivity index (χ0v) is 13.3. The Hall–Kier alpha value is 0.610. The molecule has 1 aromatic carbocycles. The first-order valence-corrected chi connectivity index (χ1v) is 6.03. The second-order valence-corrected chi connectivity index (χ2v) is 4.76. The van der Waals surface area contributed by atoms with E-state index in [0.29, 0.717) is 11.6 Å². The smallest absolute Gasteiger partial charge is 0.0594 e. The summed E-state index contributed by atoms with van der Waals surface area (Å²) in [7, 11) is 0. The molecule has 79 valence electrons. The molecule has 0 saturated carbocycles. The summed E-state index contributed by atoms with van der Waals surface area (Å²) in [6.07, 6.45) is 0. The largest absolute Gasteiger partial charge is 0.755 e. The summed E-state index contributed by atoms with van der Waals surface area (Å²) >= 11 is 1.03. The van der Waals surface area contributed by atoms with Crippen molar-refractivity contribution < 1.29 is 8.76 Å². The molecule has 1 aromatic rings. The maximum absolute atomic E-state index is 10.4. The van der Waals surface area contributed by atoms with Crippen LogP contribution in [0, 0.1) is 0 Å². The van der Waals surface area contributed by atoms with Crippen LogP contribution in [0.5, 0.6) is 0 Å². The Morgan fingerprint density at radius 2 is 2.07 bits per heavy atom. The van der Waals surface area contributed by atoms with Crippen LogP contribution in [0.1, 0.15) is 25.3 Å². The fourth-order valence-electron chi connectivity index (χ4n) is 1.06. The van der Waals surface area contributed by atoms with Gasteiger partial charge in [0, 0.05) is 45.3 Å². The van der Waals surface area contributed by atoms with E-state index < -0.39 is 11.3 Å². The van der Waals surface area contributed by atoms with Crippen molar-refractivity contribution in [1.29, 1.82) is 0 Å². The monoisotopic (exact) mass is 299 g/mol. The summed E-state index contributed by atoms with van der Waals surface area (Å²) in [5.74, 6) is 0.429. The molecule has 0 bridgehead atoms. The van der Waals surface area contributed by atoms with Gasteiger partial charge in [-0.1, -0.05) is 19.9 Å². The van der Waals surface area contributed by atoms with Crippen LogP contribution in [0.15, 0.2) is 22.7 Å². The van der Waals surface area contributed by atoms with Crippen LogP contribution >= 0.6 is 15.9 Å². The molecule has 15 heavy (non-hydrogen) atoms. The van der Waals surface area contributed by atoms with Crippen molar-refractivity contribution in [2.45, 2.75) is 19.8 Å². The molecule has 0 aliphatic heterocycles. The molecule has 1 rings (SSSR count). The van der Waals surface area contributed by atoms with Crippen molar-refractivity contribution in [2.75, 3.05) is 4.72 Å². The molecule has 1 N–H and O–H groups in total. The van der Waals surface area contributed by atoms with Gasteiger partial charge in [-0.25, -0.2) is 0 Å². The Bertz CT molecular complexity index is 360. The SMILES string of the molecule is CC(C)c1ccc(NS(=O)[O-])c(Br)c1.[Na]. The molecule has 0 aliphatic rings. The van der Waals surface area contributed by atoms with Crippen LogP contribution in [0.2, 0.25) is 0 Å². The van der Waals surface area contributed by atoms with Gasteiger partial charge in [-0.15, -0.1) is 0 Å². The topological polar surface area (TPSA) is 52.2 Å². The molecular weight excluding hydrogens is 289 g/mol. The van der Waals surface area contributed by atoms with Crippen molar-refractivity contribution in [3.63, 3.8) is 0 Å². The fraction of sp³-hybridized carbons (Fsp3) is 0.333. The first-order valence-electron chi connectivity index (χ1n) is 4.16. The molecular formula is C9H11BrNNaO2S-. The Morgan fingerprint density at radius 3 is 2.47 bits per heavy atom. The van der Waals surface area contributed by atoms with Crippen LogP contribution < -0.4 is 4.72 Å². The summed E-state index contributed by atoms with van der Waals surface area (Å²) in [4.78, 5) is 0. The second kappa shape index (κ2) is 7.04. The fourth-order valence-corrected chi connectivity index (χ4v) is 2.05. The molecule has 1 unspecified atom stereocenters. The van der Waals surface area contributed by atoms with E-state index in [2.05, 4.69) is 34.5 Å². The van der Waals surface area contributed by atoms with E-state index in [4.69, 9.17) is 0 Å². The normalized spacial score (nSPS) is 12.1. The van der Waals surface area contributed by atoms with Crippen LogP contribution in [-0.4, -0.2) is 38.3 Å². The predicted octanol–water partition coefficient (Wildman–Crippen LogP) is 2.40. The Balaban J connectivity index is 0.00000196. The van der Waals surface area contributed by atoms with Gasteiger partial charge in [0.15, 0.2) is 0 Å². The van der Waals surface area contributed by atoms with Crippen LogP contribution in [-0.2, 0) is 11.3 Å². The second-order valence-electron chi connectivity index (χ2n) is 3.23. The van der Waals surface area contributed by atoms with E-state index in [0.717, 1.165) is 4.47 Å². The number of hydrogen-bond acceptors (Lipinski definition) is 2. The average molecular weight is 300 g/mol. The Morgan fingerprint density at radius 1 is 1.47 bits per heavy atom. The molecule has 0 fully saturated rings. The van der Waals surface area contributed by atoms with Gasteiger partial charge in [0.2, 0.25) is 0 Å². The first kappa shape index (κ1) is 15.6. The van der Waals surface area contributed by atoms with Gasteiger partial charge < -0.3 is 9.27 Å².